The highest BCUT2D eigenvalue weighted by Gasteiger charge is 2.28. The van der Waals surface area contributed by atoms with Crippen molar-refractivity contribution >= 4 is 21.2 Å². The monoisotopic (exact) mass is 268 g/mol. The van der Waals surface area contributed by atoms with Crippen molar-refractivity contribution in [2.24, 2.45) is 5.73 Å². The molecule has 0 aliphatic rings. The van der Waals surface area contributed by atoms with Gasteiger partial charge < -0.3 is 5.73 Å². The van der Waals surface area contributed by atoms with Crippen LogP contribution in [0.3, 0.4) is 0 Å². The molecule has 6 heteroatoms. The lowest BCUT2D eigenvalue weighted by atomic mass is 10.2. The molecular formula is C11H12N2O2S2. The number of rotatable bonds is 4. The lowest BCUT2D eigenvalue weighted by Crippen LogP contribution is -2.21. The summed E-state index contributed by atoms with van der Waals surface area (Å²) in [4.78, 5) is 3.93. The third-order valence-electron chi connectivity index (χ3n) is 2.42. The SMILES string of the molecule is NC[C@@H](c1cccnc1)S(=O)(=O)c1cccs1. The van der Waals surface area contributed by atoms with E-state index in [0.717, 1.165) is 0 Å². The summed E-state index contributed by atoms with van der Waals surface area (Å²) in [7, 11) is -3.41. The maximum absolute atomic E-state index is 12.3. The number of nitrogens with zero attached hydrogens (tertiary/aromatic N) is 1. The van der Waals surface area contributed by atoms with E-state index in [0.29, 0.717) is 9.77 Å². The largest absolute Gasteiger partial charge is 0.329 e. The Morgan fingerprint density at radius 1 is 1.35 bits per heavy atom. The van der Waals surface area contributed by atoms with Gasteiger partial charge in [-0.2, -0.15) is 0 Å². The second kappa shape index (κ2) is 4.95. The van der Waals surface area contributed by atoms with E-state index in [4.69, 9.17) is 5.73 Å². The highest BCUT2D eigenvalue weighted by atomic mass is 32.2. The molecule has 2 aromatic rings. The average Bonchev–Trinajstić information content (AvgIpc) is 2.85. The van der Waals surface area contributed by atoms with Gasteiger partial charge in [-0.05, 0) is 23.1 Å². The number of nitrogens with two attached hydrogens (primary N) is 1. The fraction of sp³-hybridized carbons (Fsp3) is 0.182. The number of hydrogen-bond donors (Lipinski definition) is 1. The third-order valence-corrected chi connectivity index (χ3v) is 5.98. The lowest BCUT2D eigenvalue weighted by molar-refractivity contribution is 0.584. The van der Waals surface area contributed by atoms with E-state index in [1.54, 1.807) is 42.0 Å². The van der Waals surface area contributed by atoms with Crippen LogP contribution in [0.15, 0.2) is 46.2 Å². The van der Waals surface area contributed by atoms with Crippen molar-refractivity contribution in [3.05, 3.63) is 47.6 Å². The van der Waals surface area contributed by atoms with Gasteiger partial charge in [-0.25, -0.2) is 8.42 Å². The molecule has 2 N–H and O–H groups in total. The summed E-state index contributed by atoms with van der Waals surface area (Å²) in [6, 6.07) is 6.75. The molecule has 0 aliphatic carbocycles. The van der Waals surface area contributed by atoms with Gasteiger partial charge in [0.2, 0.25) is 0 Å². The van der Waals surface area contributed by atoms with Crippen LogP contribution in [0.4, 0.5) is 0 Å². The van der Waals surface area contributed by atoms with Gasteiger partial charge in [-0.1, -0.05) is 12.1 Å². The van der Waals surface area contributed by atoms with E-state index < -0.39 is 15.1 Å². The summed E-state index contributed by atoms with van der Waals surface area (Å²) in [5.41, 5.74) is 6.22. The van der Waals surface area contributed by atoms with Crippen LogP contribution >= 0.6 is 11.3 Å². The molecule has 17 heavy (non-hydrogen) atoms. The average molecular weight is 268 g/mol. The Labute approximate surface area is 104 Å². The molecule has 0 aromatic carbocycles. The molecule has 2 aromatic heterocycles. The molecule has 0 spiro atoms. The smallest absolute Gasteiger partial charge is 0.196 e. The molecule has 0 unspecified atom stereocenters. The molecule has 0 saturated carbocycles. The topological polar surface area (TPSA) is 73.0 Å². The van der Waals surface area contributed by atoms with Crippen molar-refractivity contribution in [3.8, 4) is 0 Å². The Hall–Kier alpha value is -1.24. The molecule has 0 radical (unpaired) electrons. The maximum Gasteiger partial charge on any atom is 0.196 e. The zero-order chi connectivity index (χ0) is 12.3. The Kier molecular flexibility index (Phi) is 3.56. The van der Waals surface area contributed by atoms with Gasteiger partial charge in [0, 0.05) is 18.9 Å². The summed E-state index contributed by atoms with van der Waals surface area (Å²) in [5, 5.41) is 1.01. The van der Waals surface area contributed by atoms with Gasteiger partial charge in [0.25, 0.3) is 0 Å². The van der Waals surface area contributed by atoms with E-state index in [1.807, 2.05) is 0 Å². The van der Waals surface area contributed by atoms with E-state index in [9.17, 15) is 8.42 Å². The summed E-state index contributed by atoms with van der Waals surface area (Å²) < 4.78 is 25.0. The molecular weight excluding hydrogens is 256 g/mol. The van der Waals surface area contributed by atoms with E-state index in [1.165, 1.54) is 11.3 Å². The van der Waals surface area contributed by atoms with E-state index in [2.05, 4.69) is 4.98 Å². The molecule has 0 aliphatic heterocycles. The number of thiophene rings is 1. The Morgan fingerprint density at radius 3 is 2.71 bits per heavy atom. The minimum absolute atomic E-state index is 0.0475. The first-order chi connectivity index (χ1) is 8.16. The van der Waals surface area contributed by atoms with Crippen molar-refractivity contribution in [2.45, 2.75) is 9.46 Å². The highest BCUT2D eigenvalue weighted by molar-refractivity contribution is 7.93. The predicted molar refractivity (Wildman–Crippen MR) is 67.5 cm³/mol. The van der Waals surface area contributed by atoms with Crippen LogP contribution in [0, 0.1) is 0 Å². The van der Waals surface area contributed by atoms with Crippen LogP contribution in [0.1, 0.15) is 10.8 Å². The predicted octanol–water partition coefficient (Wildman–Crippen LogP) is 1.62. The molecule has 0 bridgehead atoms. The summed E-state index contributed by atoms with van der Waals surface area (Å²) in [6.07, 6.45) is 3.15. The first-order valence-corrected chi connectivity index (χ1v) is 7.46. The molecule has 0 saturated heterocycles. The second-order valence-corrected chi connectivity index (χ2v) is 6.79. The van der Waals surface area contributed by atoms with Crippen molar-refractivity contribution in [2.75, 3.05) is 6.54 Å². The summed E-state index contributed by atoms with van der Waals surface area (Å²) in [6.45, 7) is 0.0475. The normalized spacial score (nSPS) is 13.5. The lowest BCUT2D eigenvalue weighted by Gasteiger charge is -2.14. The molecule has 2 rings (SSSR count). The minimum atomic E-state index is -3.41. The van der Waals surface area contributed by atoms with Gasteiger partial charge in [-0.3, -0.25) is 4.98 Å². The summed E-state index contributed by atoms with van der Waals surface area (Å²) >= 11 is 1.20. The molecule has 0 fully saturated rings. The van der Waals surface area contributed by atoms with E-state index in [-0.39, 0.29) is 6.54 Å². The zero-order valence-electron chi connectivity index (χ0n) is 8.98. The molecule has 1 atom stereocenters. The van der Waals surface area contributed by atoms with Crippen LogP contribution in [-0.2, 0) is 9.84 Å². The van der Waals surface area contributed by atoms with Gasteiger partial charge >= 0.3 is 0 Å². The fourth-order valence-electron chi connectivity index (χ4n) is 1.57. The third kappa shape index (κ3) is 2.38. The maximum atomic E-state index is 12.3. The van der Waals surface area contributed by atoms with Crippen molar-refractivity contribution in [3.63, 3.8) is 0 Å². The molecule has 90 valence electrons. The Morgan fingerprint density at radius 2 is 2.18 bits per heavy atom. The molecule has 4 nitrogen and oxygen atoms in total. The Bertz CT molecular complexity index is 565. The molecule has 0 amide bonds. The van der Waals surface area contributed by atoms with Crippen molar-refractivity contribution in [1.82, 2.24) is 4.98 Å². The highest BCUT2D eigenvalue weighted by Crippen LogP contribution is 2.30. The van der Waals surface area contributed by atoms with Gasteiger partial charge in [0.05, 0.1) is 0 Å². The first-order valence-electron chi connectivity index (χ1n) is 5.03. The van der Waals surface area contributed by atoms with Crippen molar-refractivity contribution < 1.29 is 8.42 Å². The van der Waals surface area contributed by atoms with Gasteiger partial charge in [0.15, 0.2) is 9.84 Å². The summed E-state index contributed by atoms with van der Waals surface area (Å²) in [5.74, 6) is 0. The van der Waals surface area contributed by atoms with Gasteiger partial charge in [0.1, 0.15) is 9.46 Å². The number of pyridine rings is 1. The standard InChI is InChI=1S/C11H12N2O2S2/c12-7-10(9-3-1-5-13-8-9)17(14,15)11-4-2-6-16-11/h1-6,8,10H,7,12H2/t10-/m0/s1. The zero-order valence-corrected chi connectivity index (χ0v) is 10.6. The molecule has 2 heterocycles. The first kappa shape index (κ1) is 12.2. The van der Waals surface area contributed by atoms with Crippen LogP contribution in [0.25, 0.3) is 0 Å². The number of sulfone groups is 1. The minimum Gasteiger partial charge on any atom is -0.329 e. The van der Waals surface area contributed by atoms with Gasteiger partial charge in [-0.15, -0.1) is 11.3 Å². The quantitative estimate of drug-likeness (QED) is 0.914. The van der Waals surface area contributed by atoms with Crippen LogP contribution in [0.5, 0.6) is 0 Å². The number of aromatic nitrogens is 1. The Balaban J connectivity index is 2.44. The van der Waals surface area contributed by atoms with Crippen LogP contribution in [0.2, 0.25) is 0 Å². The van der Waals surface area contributed by atoms with E-state index >= 15 is 0 Å². The number of hydrogen-bond acceptors (Lipinski definition) is 5. The van der Waals surface area contributed by atoms with Crippen LogP contribution < -0.4 is 5.73 Å². The van der Waals surface area contributed by atoms with Crippen LogP contribution in [-0.4, -0.2) is 19.9 Å². The second-order valence-electron chi connectivity index (χ2n) is 3.49. The fourth-order valence-corrected chi connectivity index (χ4v) is 4.37. The van der Waals surface area contributed by atoms with Crippen molar-refractivity contribution in [1.29, 1.82) is 0 Å².